The van der Waals surface area contributed by atoms with Crippen molar-refractivity contribution in [2.24, 2.45) is 0 Å². The van der Waals surface area contributed by atoms with Crippen molar-refractivity contribution in [2.45, 2.75) is 12.1 Å². The van der Waals surface area contributed by atoms with Gasteiger partial charge in [-0.1, -0.05) is 11.8 Å². The van der Waals surface area contributed by atoms with E-state index in [1.807, 2.05) is 0 Å². The smallest absolute Gasteiger partial charge is 0.296 e. The SMILES string of the molecule is COc1ccc(NC(=O)CSc2nc(C)cc(=O)[nH]2)c([N+](=O)[O-])c1. The Labute approximate surface area is 140 Å². The fourth-order valence-corrected chi connectivity index (χ4v) is 2.56. The molecule has 0 radical (unpaired) electrons. The summed E-state index contributed by atoms with van der Waals surface area (Å²) in [5.41, 5.74) is 0.0236. The van der Waals surface area contributed by atoms with E-state index in [4.69, 9.17) is 4.74 Å². The molecule has 1 heterocycles. The van der Waals surface area contributed by atoms with Gasteiger partial charge in [0.25, 0.3) is 11.2 Å². The van der Waals surface area contributed by atoms with E-state index >= 15 is 0 Å². The van der Waals surface area contributed by atoms with Gasteiger partial charge in [0.1, 0.15) is 11.4 Å². The van der Waals surface area contributed by atoms with Crippen LogP contribution in [0.25, 0.3) is 0 Å². The quantitative estimate of drug-likeness (QED) is 0.351. The van der Waals surface area contributed by atoms with E-state index in [-0.39, 0.29) is 22.7 Å². The lowest BCUT2D eigenvalue weighted by molar-refractivity contribution is -0.384. The van der Waals surface area contributed by atoms with Crippen molar-refractivity contribution in [3.8, 4) is 5.75 Å². The Morgan fingerprint density at radius 1 is 1.46 bits per heavy atom. The summed E-state index contributed by atoms with van der Waals surface area (Å²) in [6.45, 7) is 1.67. The van der Waals surface area contributed by atoms with Gasteiger partial charge in [0.15, 0.2) is 5.16 Å². The van der Waals surface area contributed by atoms with Gasteiger partial charge in [-0.3, -0.25) is 19.7 Å². The number of ether oxygens (including phenoxy) is 1. The molecule has 0 saturated carbocycles. The first-order valence-corrected chi connectivity index (χ1v) is 7.70. The number of nitrogens with one attached hydrogen (secondary N) is 2. The van der Waals surface area contributed by atoms with Crippen molar-refractivity contribution in [3.63, 3.8) is 0 Å². The first kappa shape index (κ1) is 17.5. The number of nitrogens with zero attached hydrogens (tertiary/aromatic N) is 2. The predicted octanol–water partition coefficient (Wildman–Crippen LogP) is 1.73. The summed E-state index contributed by atoms with van der Waals surface area (Å²) in [5.74, 6) is -0.205. The van der Waals surface area contributed by atoms with Gasteiger partial charge >= 0.3 is 0 Å². The number of hydrogen-bond donors (Lipinski definition) is 2. The van der Waals surface area contributed by atoms with Crippen LogP contribution in [0.3, 0.4) is 0 Å². The number of anilines is 1. The average Bonchev–Trinajstić information content (AvgIpc) is 2.52. The highest BCUT2D eigenvalue weighted by Crippen LogP contribution is 2.29. The van der Waals surface area contributed by atoms with Crippen molar-refractivity contribution in [1.29, 1.82) is 0 Å². The third-order valence-corrected chi connectivity index (χ3v) is 3.74. The Morgan fingerprint density at radius 2 is 2.21 bits per heavy atom. The minimum absolute atomic E-state index is 0.0599. The van der Waals surface area contributed by atoms with Crippen molar-refractivity contribution in [3.05, 3.63) is 50.4 Å². The highest BCUT2D eigenvalue weighted by atomic mass is 32.2. The molecule has 0 unspecified atom stereocenters. The predicted molar refractivity (Wildman–Crippen MR) is 88.6 cm³/mol. The molecule has 1 aromatic carbocycles. The number of H-pyrrole nitrogens is 1. The van der Waals surface area contributed by atoms with Crippen molar-refractivity contribution in [1.82, 2.24) is 9.97 Å². The third-order valence-electron chi connectivity index (χ3n) is 2.86. The van der Waals surface area contributed by atoms with E-state index in [9.17, 15) is 19.7 Å². The number of thioether (sulfide) groups is 1. The zero-order chi connectivity index (χ0) is 17.7. The molecular formula is C14H14N4O5S. The summed E-state index contributed by atoms with van der Waals surface area (Å²) in [7, 11) is 1.39. The van der Waals surface area contributed by atoms with E-state index in [0.29, 0.717) is 16.6 Å². The van der Waals surface area contributed by atoms with Crippen LogP contribution >= 0.6 is 11.8 Å². The number of nitro benzene ring substituents is 1. The van der Waals surface area contributed by atoms with Crippen LogP contribution in [-0.4, -0.2) is 33.7 Å². The molecule has 9 nitrogen and oxygen atoms in total. The molecule has 0 spiro atoms. The molecule has 1 amide bonds. The minimum Gasteiger partial charge on any atom is -0.496 e. The summed E-state index contributed by atoms with van der Waals surface area (Å²) < 4.78 is 4.93. The van der Waals surface area contributed by atoms with Gasteiger partial charge in [0.2, 0.25) is 5.91 Å². The van der Waals surface area contributed by atoms with Gasteiger partial charge in [-0.25, -0.2) is 4.98 Å². The van der Waals surface area contributed by atoms with Crippen LogP contribution < -0.4 is 15.6 Å². The lowest BCUT2D eigenvalue weighted by atomic mass is 10.2. The van der Waals surface area contributed by atoms with Crippen LogP contribution in [0.4, 0.5) is 11.4 Å². The highest BCUT2D eigenvalue weighted by Gasteiger charge is 2.17. The Kier molecular flexibility index (Phi) is 5.53. The maximum atomic E-state index is 12.0. The maximum absolute atomic E-state index is 12.0. The van der Waals surface area contributed by atoms with E-state index in [1.54, 1.807) is 6.92 Å². The standard InChI is InChI=1S/C14H14N4O5S/c1-8-5-12(19)17-14(15-8)24-7-13(20)16-10-4-3-9(23-2)6-11(10)18(21)22/h3-6H,7H2,1-2H3,(H,16,20)(H,15,17,19). The van der Waals surface area contributed by atoms with Crippen molar-refractivity contribution in [2.75, 3.05) is 18.2 Å². The molecule has 24 heavy (non-hydrogen) atoms. The highest BCUT2D eigenvalue weighted by molar-refractivity contribution is 7.99. The second kappa shape index (κ2) is 7.59. The van der Waals surface area contributed by atoms with Gasteiger partial charge in [-0.2, -0.15) is 0 Å². The fraction of sp³-hybridized carbons (Fsp3) is 0.214. The monoisotopic (exact) mass is 350 g/mol. The third kappa shape index (κ3) is 4.56. The number of methoxy groups -OCH3 is 1. The molecule has 0 bridgehead atoms. The second-order valence-corrected chi connectivity index (χ2v) is 5.63. The summed E-state index contributed by atoms with van der Waals surface area (Å²) >= 11 is 1.02. The molecule has 0 fully saturated rings. The topological polar surface area (TPSA) is 127 Å². The number of carbonyl (C=O) groups is 1. The second-order valence-electron chi connectivity index (χ2n) is 4.67. The number of carbonyl (C=O) groups excluding carboxylic acids is 1. The van der Waals surface area contributed by atoms with E-state index in [2.05, 4.69) is 15.3 Å². The van der Waals surface area contributed by atoms with Crippen LogP contribution in [0, 0.1) is 17.0 Å². The summed E-state index contributed by atoms with van der Waals surface area (Å²) in [4.78, 5) is 40.4. The van der Waals surface area contributed by atoms with Gasteiger partial charge in [-0.05, 0) is 19.1 Å². The molecule has 1 aromatic heterocycles. The molecule has 0 atom stereocenters. The number of amides is 1. The number of aromatic amines is 1. The molecule has 0 aliphatic heterocycles. The molecule has 10 heteroatoms. The zero-order valence-electron chi connectivity index (χ0n) is 12.9. The number of aromatic nitrogens is 2. The van der Waals surface area contributed by atoms with E-state index < -0.39 is 10.8 Å². The van der Waals surface area contributed by atoms with Crippen LogP contribution in [-0.2, 0) is 4.79 Å². The first-order valence-electron chi connectivity index (χ1n) is 6.72. The van der Waals surface area contributed by atoms with Crippen molar-refractivity contribution < 1.29 is 14.5 Å². The number of nitro groups is 1. The Hall–Kier alpha value is -2.88. The molecule has 2 rings (SSSR count). The van der Waals surface area contributed by atoms with E-state index in [1.165, 1.54) is 31.4 Å². The molecule has 2 N–H and O–H groups in total. The van der Waals surface area contributed by atoms with Gasteiger partial charge in [-0.15, -0.1) is 0 Å². The zero-order valence-corrected chi connectivity index (χ0v) is 13.7. The number of rotatable bonds is 6. The number of hydrogen-bond acceptors (Lipinski definition) is 7. The maximum Gasteiger partial charge on any atom is 0.296 e. The molecular weight excluding hydrogens is 336 g/mol. The summed E-state index contributed by atoms with van der Waals surface area (Å²) in [6.07, 6.45) is 0. The number of aryl methyl sites for hydroxylation is 1. The minimum atomic E-state index is -0.606. The molecule has 0 aliphatic rings. The van der Waals surface area contributed by atoms with Crippen LogP contribution in [0.5, 0.6) is 5.75 Å². The van der Waals surface area contributed by atoms with Gasteiger partial charge < -0.3 is 15.0 Å². The molecule has 2 aromatic rings. The molecule has 0 saturated heterocycles. The van der Waals surface area contributed by atoms with Crippen LogP contribution in [0.1, 0.15) is 5.69 Å². The van der Waals surface area contributed by atoms with E-state index in [0.717, 1.165) is 11.8 Å². The average molecular weight is 350 g/mol. The Balaban J connectivity index is 2.07. The van der Waals surface area contributed by atoms with Crippen LogP contribution in [0.2, 0.25) is 0 Å². The van der Waals surface area contributed by atoms with Crippen LogP contribution in [0.15, 0.2) is 34.2 Å². The lowest BCUT2D eigenvalue weighted by Gasteiger charge is -2.07. The number of benzene rings is 1. The fourth-order valence-electron chi connectivity index (χ4n) is 1.84. The largest absolute Gasteiger partial charge is 0.496 e. The first-order chi connectivity index (χ1) is 11.4. The lowest BCUT2D eigenvalue weighted by Crippen LogP contribution is -2.16. The van der Waals surface area contributed by atoms with Gasteiger partial charge in [0.05, 0.1) is 23.9 Å². The Bertz CT molecular complexity index is 836. The van der Waals surface area contributed by atoms with Crippen molar-refractivity contribution >= 4 is 29.0 Å². The molecule has 0 aliphatic carbocycles. The summed E-state index contributed by atoms with van der Waals surface area (Å²) in [5, 5.41) is 13.8. The molecule has 126 valence electrons. The summed E-state index contributed by atoms with van der Waals surface area (Å²) in [6, 6.07) is 5.47. The van der Waals surface area contributed by atoms with Gasteiger partial charge in [0, 0.05) is 11.8 Å². The Morgan fingerprint density at radius 3 is 2.83 bits per heavy atom. The normalized spacial score (nSPS) is 10.2.